The van der Waals surface area contributed by atoms with E-state index < -0.39 is 5.54 Å². The van der Waals surface area contributed by atoms with E-state index in [9.17, 15) is 0 Å². The van der Waals surface area contributed by atoms with Crippen molar-refractivity contribution in [3.63, 3.8) is 0 Å². The van der Waals surface area contributed by atoms with Crippen LogP contribution in [0.25, 0.3) is 0 Å². The first-order chi connectivity index (χ1) is 6.64. The number of hydrogen-bond acceptors (Lipinski definition) is 3. The summed E-state index contributed by atoms with van der Waals surface area (Å²) >= 11 is 0. The van der Waals surface area contributed by atoms with Crippen LogP contribution in [0.4, 0.5) is 0 Å². The lowest BCUT2D eigenvalue weighted by Crippen LogP contribution is -2.39. The molecule has 14 heavy (non-hydrogen) atoms. The zero-order chi connectivity index (χ0) is 10.4. The Bertz CT molecular complexity index is 197. The number of nitrogens with two attached hydrogens (primary N) is 1. The molecule has 2 N–H and O–H groups in total. The smallest absolute Gasteiger partial charge is 0.102 e. The first-order valence-electron chi connectivity index (χ1n) is 5.56. The maximum atomic E-state index is 8.79. The van der Waals surface area contributed by atoms with Gasteiger partial charge >= 0.3 is 0 Å². The van der Waals surface area contributed by atoms with Gasteiger partial charge in [0.05, 0.1) is 6.07 Å². The minimum absolute atomic E-state index is 0.647. The Morgan fingerprint density at radius 1 is 1.29 bits per heavy atom. The van der Waals surface area contributed by atoms with Gasteiger partial charge in [-0.2, -0.15) is 5.26 Å². The number of likely N-dealkylation sites (tertiary alicyclic amines) is 1. The van der Waals surface area contributed by atoms with E-state index in [2.05, 4.69) is 11.0 Å². The van der Waals surface area contributed by atoms with Crippen LogP contribution in [0, 0.1) is 11.3 Å². The highest BCUT2D eigenvalue weighted by atomic mass is 15.1. The average Bonchev–Trinajstić information content (AvgIpc) is 2.43. The molecule has 0 aromatic heterocycles. The van der Waals surface area contributed by atoms with Gasteiger partial charge in [0.15, 0.2) is 0 Å². The van der Waals surface area contributed by atoms with Crippen LogP contribution < -0.4 is 5.73 Å². The molecular weight excluding hydrogens is 174 g/mol. The zero-order valence-electron chi connectivity index (χ0n) is 9.13. The fourth-order valence-electron chi connectivity index (χ4n) is 1.81. The summed E-state index contributed by atoms with van der Waals surface area (Å²) in [7, 11) is 0. The molecular formula is C11H21N3. The van der Waals surface area contributed by atoms with E-state index in [4.69, 9.17) is 11.0 Å². The van der Waals surface area contributed by atoms with Crippen LogP contribution in [0.3, 0.4) is 0 Å². The molecule has 0 bridgehead atoms. The second-order valence-corrected chi connectivity index (χ2v) is 4.54. The van der Waals surface area contributed by atoms with Gasteiger partial charge in [-0.3, -0.25) is 0 Å². The lowest BCUT2D eigenvalue weighted by atomic mass is 10.0. The molecule has 0 amide bonds. The molecule has 0 aromatic carbocycles. The minimum Gasteiger partial charge on any atom is -0.314 e. The van der Waals surface area contributed by atoms with Gasteiger partial charge in [-0.05, 0) is 39.3 Å². The Kier molecular flexibility index (Phi) is 4.37. The molecule has 1 atom stereocenters. The van der Waals surface area contributed by atoms with Crippen LogP contribution in [0.1, 0.15) is 39.0 Å². The molecule has 0 saturated carbocycles. The Morgan fingerprint density at radius 2 is 1.86 bits per heavy atom. The van der Waals surface area contributed by atoms with Crippen molar-refractivity contribution in [3.05, 3.63) is 0 Å². The summed E-state index contributed by atoms with van der Waals surface area (Å²) in [5.74, 6) is 0. The van der Waals surface area contributed by atoms with E-state index in [1.54, 1.807) is 0 Å². The summed E-state index contributed by atoms with van der Waals surface area (Å²) in [6, 6.07) is 2.15. The predicted octanol–water partition coefficient (Wildman–Crippen LogP) is 1.49. The van der Waals surface area contributed by atoms with E-state index in [1.165, 1.54) is 38.8 Å². The second-order valence-electron chi connectivity index (χ2n) is 4.54. The molecule has 1 saturated heterocycles. The molecule has 1 aliphatic rings. The predicted molar refractivity (Wildman–Crippen MR) is 57.7 cm³/mol. The van der Waals surface area contributed by atoms with Crippen LogP contribution in [0.15, 0.2) is 0 Å². The third kappa shape index (κ3) is 4.08. The third-order valence-electron chi connectivity index (χ3n) is 2.90. The Labute approximate surface area is 86.9 Å². The Morgan fingerprint density at radius 3 is 2.36 bits per heavy atom. The summed E-state index contributed by atoms with van der Waals surface area (Å²) < 4.78 is 0. The third-order valence-corrected chi connectivity index (χ3v) is 2.90. The van der Waals surface area contributed by atoms with Crippen molar-refractivity contribution in [2.75, 3.05) is 19.6 Å². The molecule has 3 heteroatoms. The van der Waals surface area contributed by atoms with Crippen LogP contribution >= 0.6 is 0 Å². The van der Waals surface area contributed by atoms with Gasteiger partial charge in [0.1, 0.15) is 5.54 Å². The van der Waals surface area contributed by atoms with Gasteiger partial charge in [-0.25, -0.2) is 0 Å². The van der Waals surface area contributed by atoms with E-state index in [1.807, 2.05) is 6.92 Å². The molecule has 1 aliphatic heterocycles. The standard InChI is InChI=1S/C11H21N3/c1-11(13,10-12)6-9-14-7-4-2-3-5-8-14/h2-9,13H2,1H3. The first kappa shape index (κ1) is 11.5. The van der Waals surface area contributed by atoms with E-state index in [-0.39, 0.29) is 0 Å². The van der Waals surface area contributed by atoms with Crippen molar-refractivity contribution in [1.29, 1.82) is 5.26 Å². The second kappa shape index (κ2) is 5.33. The zero-order valence-corrected chi connectivity index (χ0v) is 9.13. The van der Waals surface area contributed by atoms with Crippen molar-refractivity contribution >= 4 is 0 Å². The van der Waals surface area contributed by atoms with Crippen molar-refractivity contribution in [3.8, 4) is 6.07 Å². The molecule has 1 rings (SSSR count). The van der Waals surface area contributed by atoms with E-state index in [0.29, 0.717) is 0 Å². The van der Waals surface area contributed by atoms with E-state index >= 15 is 0 Å². The van der Waals surface area contributed by atoms with Crippen molar-refractivity contribution in [1.82, 2.24) is 4.90 Å². The Balaban J connectivity index is 2.26. The summed E-state index contributed by atoms with van der Waals surface area (Å²) in [5.41, 5.74) is 5.14. The highest BCUT2D eigenvalue weighted by molar-refractivity contribution is 5.01. The van der Waals surface area contributed by atoms with E-state index in [0.717, 1.165) is 13.0 Å². The summed E-state index contributed by atoms with van der Waals surface area (Å²) in [4.78, 5) is 2.44. The maximum absolute atomic E-state index is 8.79. The molecule has 3 nitrogen and oxygen atoms in total. The fraction of sp³-hybridized carbons (Fsp3) is 0.909. The highest BCUT2D eigenvalue weighted by Gasteiger charge is 2.19. The highest BCUT2D eigenvalue weighted by Crippen LogP contribution is 2.12. The van der Waals surface area contributed by atoms with Crippen LogP contribution in [0.5, 0.6) is 0 Å². The SMILES string of the molecule is CC(N)(C#N)CCN1CCCCCC1. The topological polar surface area (TPSA) is 53.1 Å². The van der Waals surface area contributed by atoms with Crippen LogP contribution in [0.2, 0.25) is 0 Å². The largest absolute Gasteiger partial charge is 0.314 e. The molecule has 1 fully saturated rings. The number of nitrogens with zero attached hydrogens (tertiary/aromatic N) is 2. The fourth-order valence-corrected chi connectivity index (χ4v) is 1.81. The van der Waals surface area contributed by atoms with Gasteiger partial charge in [0, 0.05) is 6.54 Å². The lowest BCUT2D eigenvalue weighted by molar-refractivity contribution is 0.265. The summed E-state index contributed by atoms with van der Waals surface area (Å²) in [6.45, 7) is 5.15. The number of rotatable bonds is 3. The van der Waals surface area contributed by atoms with Gasteiger partial charge < -0.3 is 10.6 Å². The van der Waals surface area contributed by atoms with Gasteiger partial charge in [-0.15, -0.1) is 0 Å². The van der Waals surface area contributed by atoms with Crippen molar-refractivity contribution in [2.24, 2.45) is 5.73 Å². The van der Waals surface area contributed by atoms with Crippen molar-refractivity contribution in [2.45, 2.75) is 44.6 Å². The monoisotopic (exact) mass is 195 g/mol. The number of nitriles is 1. The molecule has 1 unspecified atom stereocenters. The van der Waals surface area contributed by atoms with Crippen molar-refractivity contribution < 1.29 is 0 Å². The minimum atomic E-state index is -0.647. The molecule has 0 spiro atoms. The first-order valence-corrected chi connectivity index (χ1v) is 5.56. The average molecular weight is 195 g/mol. The lowest BCUT2D eigenvalue weighted by Gasteiger charge is -2.23. The molecule has 0 radical (unpaired) electrons. The van der Waals surface area contributed by atoms with Gasteiger partial charge in [-0.1, -0.05) is 12.8 Å². The molecule has 80 valence electrons. The number of hydrogen-bond donors (Lipinski definition) is 1. The molecule has 1 heterocycles. The summed E-state index contributed by atoms with van der Waals surface area (Å²) in [5, 5.41) is 8.79. The summed E-state index contributed by atoms with van der Waals surface area (Å²) in [6.07, 6.45) is 6.09. The van der Waals surface area contributed by atoms with Crippen LogP contribution in [-0.2, 0) is 0 Å². The van der Waals surface area contributed by atoms with Crippen LogP contribution in [-0.4, -0.2) is 30.1 Å². The molecule has 0 aromatic rings. The maximum Gasteiger partial charge on any atom is 0.102 e. The normalized spacial score (nSPS) is 23.5. The van der Waals surface area contributed by atoms with Gasteiger partial charge in [0.25, 0.3) is 0 Å². The molecule has 0 aliphatic carbocycles. The van der Waals surface area contributed by atoms with Gasteiger partial charge in [0.2, 0.25) is 0 Å². The Hall–Kier alpha value is -0.590. The quantitative estimate of drug-likeness (QED) is 0.742.